The van der Waals surface area contributed by atoms with Crippen LogP contribution in [-0.4, -0.2) is 35.2 Å². The van der Waals surface area contributed by atoms with Gasteiger partial charge < -0.3 is 14.8 Å². The van der Waals surface area contributed by atoms with Gasteiger partial charge in [0, 0.05) is 10.7 Å². The lowest BCUT2D eigenvalue weighted by Crippen LogP contribution is -2.27. The number of amides is 3. The molecule has 0 aliphatic carbocycles. The van der Waals surface area contributed by atoms with E-state index in [9.17, 15) is 14.4 Å². The molecule has 7 nitrogen and oxygen atoms in total. The van der Waals surface area contributed by atoms with Crippen LogP contribution < -0.4 is 14.8 Å². The molecule has 0 spiro atoms. The molecule has 0 aromatic heterocycles. The highest BCUT2D eigenvalue weighted by Crippen LogP contribution is 2.35. The van der Waals surface area contributed by atoms with E-state index in [0.717, 1.165) is 22.9 Å². The third-order valence-electron chi connectivity index (χ3n) is 5.39. The molecule has 4 rings (SSSR count). The Morgan fingerprint density at radius 3 is 2.43 bits per heavy atom. The van der Waals surface area contributed by atoms with Gasteiger partial charge in [-0.1, -0.05) is 47.5 Å². The molecule has 1 fully saturated rings. The van der Waals surface area contributed by atoms with Crippen LogP contribution in [0.3, 0.4) is 0 Å². The van der Waals surface area contributed by atoms with Gasteiger partial charge in [0.25, 0.3) is 17.1 Å². The number of halogens is 1. The van der Waals surface area contributed by atoms with Crippen LogP contribution in [0.2, 0.25) is 5.02 Å². The predicted molar refractivity (Wildman–Crippen MR) is 146 cm³/mol. The van der Waals surface area contributed by atoms with E-state index in [1.165, 1.54) is 4.90 Å². The fraction of sp³-hybridized carbons (Fsp3) is 0.179. The lowest BCUT2D eigenvalue weighted by atomic mass is 10.1. The number of benzene rings is 3. The molecule has 0 atom stereocenters. The maximum atomic E-state index is 12.9. The molecule has 190 valence electrons. The zero-order valence-corrected chi connectivity index (χ0v) is 21.9. The van der Waals surface area contributed by atoms with Gasteiger partial charge in [0.05, 0.1) is 18.1 Å². The number of carbonyl (C=O) groups is 3. The molecule has 1 N–H and O–H groups in total. The van der Waals surface area contributed by atoms with E-state index in [2.05, 4.69) is 5.32 Å². The number of hydrogen-bond donors (Lipinski definition) is 1. The molecular weight excluding hydrogens is 512 g/mol. The zero-order chi connectivity index (χ0) is 26.4. The van der Waals surface area contributed by atoms with Crippen molar-refractivity contribution in [1.29, 1.82) is 0 Å². The molecule has 0 radical (unpaired) electrons. The van der Waals surface area contributed by atoms with E-state index in [1.807, 2.05) is 38.1 Å². The second-order valence-electron chi connectivity index (χ2n) is 8.24. The number of ether oxygens (including phenoxy) is 2. The summed E-state index contributed by atoms with van der Waals surface area (Å²) in [4.78, 5) is 39.2. The summed E-state index contributed by atoms with van der Waals surface area (Å²) in [5.41, 5.74) is 3.25. The van der Waals surface area contributed by atoms with Crippen molar-refractivity contribution in [3.05, 3.63) is 93.3 Å². The average Bonchev–Trinajstić information content (AvgIpc) is 3.13. The normalized spacial score (nSPS) is 14.2. The fourth-order valence-electron chi connectivity index (χ4n) is 3.54. The number of anilines is 1. The number of nitrogens with zero attached hydrogens (tertiary/aromatic N) is 1. The Labute approximate surface area is 224 Å². The number of hydrogen-bond acceptors (Lipinski definition) is 6. The molecule has 1 saturated heterocycles. The summed E-state index contributed by atoms with van der Waals surface area (Å²) in [6.07, 6.45) is 1.64. The summed E-state index contributed by atoms with van der Waals surface area (Å²) in [6.45, 7) is 4.16. The highest BCUT2D eigenvalue weighted by molar-refractivity contribution is 8.18. The van der Waals surface area contributed by atoms with Gasteiger partial charge in [0.15, 0.2) is 18.1 Å². The van der Waals surface area contributed by atoms with Gasteiger partial charge in [0.1, 0.15) is 0 Å². The molecule has 1 aliphatic rings. The first kappa shape index (κ1) is 26.3. The first-order valence-electron chi connectivity index (χ1n) is 11.6. The van der Waals surface area contributed by atoms with Crippen LogP contribution in [-0.2, 0) is 16.1 Å². The van der Waals surface area contributed by atoms with E-state index in [4.69, 9.17) is 21.1 Å². The first-order chi connectivity index (χ1) is 17.8. The Kier molecular flexibility index (Phi) is 8.53. The minimum atomic E-state index is -0.365. The van der Waals surface area contributed by atoms with Crippen LogP contribution in [0.15, 0.2) is 71.6 Å². The largest absolute Gasteiger partial charge is 0.490 e. The van der Waals surface area contributed by atoms with Gasteiger partial charge in [-0.2, -0.15) is 0 Å². The van der Waals surface area contributed by atoms with E-state index in [1.54, 1.807) is 48.5 Å². The molecule has 3 aromatic rings. The number of nitrogens with one attached hydrogen (secondary N) is 1. The van der Waals surface area contributed by atoms with Crippen molar-refractivity contribution in [1.82, 2.24) is 4.90 Å². The quantitative estimate of drug-likeness (QED) is 0.323. The Morgan fingerprint density at radius 2 is 1.73 bits per heavy atom. The third-order valence-corrected chi connectivity index (χ3v) is 6.55. The first-order valence-corrected chi connectivity index (χ1v) is 12.8. The van der Waals surface area contributed by atoms with Crippen LogP contribution in [0.1, 0.15) is 23.6 Å². The van der Waals surface area contributed by atoms with Crippen LogP contribution >= 0.6 is 23.4 Å². The number of carbonyl (C=O) groups excluding carboxylic acids is 3. The molecule has 0 bridgehead atoms. The van der Waals surface area contributed by atoms with Gasteiger partial charge in [-0.05, 0) is 79.2 Å². The van der Waals surface area contributed by atoms with Gasteiger partial charge in [0.2, 0.25) is 0 Å². The van der Waals surface area contributed by atoms with Crippen molar-refractivity contribution in [2.24, 2.45) is 0 Å². The Hall–Kier alpha value is -3.75. The van der Waals surface area contributed by atoms with Crippen molar-refractivity contribution >= 4 is 52.2 Å². The highest BCUT2D eigenvalue weighted by atomic mass is 35.5. The van der Waals surface area contributed by atoms with Crippen molar-refractivity contribution in [3.8, 4) is 11.5 Å². The number of imide groups is 1. The summed E-state index contributed by atoms with van der Waals surface area (Å²) in [5.74, 6) is 0.162. The highest BCUT2D eigenvalue weighted by Gasteiger charge is 2.35. The minimum Gasteiger partial charge on any atom is -0.490 e. The van der Waals surface area contributed by atoms with Crippen LogP contribution in [0, 0.1) is 6.92 Å². The standard InChI is InChI=1S/C28H25ClN2O5S/c1-3-35-24-14-20(8-13-23(24)36-17-26(32)30-22-11-4-18(2)5-12-22)15-25-27(33)31(28(34)37-25)16-19-6-9-21(29)10-7-19/h4-15H,3,16-17H2,1-2H3,(H,30,32)/b25-15-. The van der Waals surface area contributed by atoms with Crippen LogP contribution in [0.4, 0.5) is 10.5 Å². The Balaban J connectivity index is 1.43. The van der Waals surface area contributed by atoms with E-state index < -0.39 is 0 Å². The Bertz CT molecular complexity index is 1340. The van der Waals surface area contributed by atoms with Crippen molar-refractivity contribution in [2.75, 3.05) is 18.5 Å². The van der Waals surface area contributed by atoms with Crippen molar-refractivity contribution in [2.45, 2.75) is 20.4 Å². The number of aryl methyl sites for hydroxylation is 1. The molecule has 37 heavy (non-hydrogen) atoms. The summed E-state index contributed by atoms with van der Waals surface area (Å²) in [6, 6.07) is 19.6. The molecule has 0 saturated carbocycles. The molecule has 1 heterocycles. The summed E-state index contributed by atoms with van der Waals surface area (Å²) in [5, 5.41) is 3.03. The summed E-state index contributed by atoms with van der Waals surface area (Å²) < 4.78 is 11.4. The lowest BCUT2D eigenvalue weighted by molar-refractivity contribution is -0.123. The van der Waals surface area contributed by atoms with E-state index in [0.29, 0.717) is 39.3 Å². The van der Waals surface area contributed by atoms with Gasteiger partial charge >= 0.3 is 0 Å². The third kappa shape index (κ3) is 6.93. The smallest absolute Gasteiger partial charge is 0.293 e. The number of rotatable bonds is 9. The zero-order valence-electron chi connectivity index (χ0n) is 20.3. The molecular formula is C28H25ClN2O5S. The minimum absolute atomic E-state index is 0.167. The number of thioether (sulfide) groups is 1. The monoisotopic (exact) mass is 536 g/mol. The fourth-order valence-corrected chi connectivity index (χ4v) is 4.50. The van der Waals surface area contributed by atoms with Crippen molar-refractivity contribution < 1.29 is 23.9 Å². The maximum Gasteiger partial charge on any atom is 0.293 e. The van der Waals surface area contributed by atoms with Gasteiger partial charge in [-0.3, -0.25) is 19.3 Å². The molecule has 3 amide bonds. The van der Waals surface area contributed by atoms with Crippen LogP contribution in [0.25, 0.3) is 6.08 Å². The Morgan fingerprint density at radius 1 is 1.00 bits per heavy atom. The van der Waals surface area contributed by atoms with E-state index in [-0.39, 0.29) is 30.2 Å². The topological polar surface area (TPSA) is 84.9 Å². The predicted octanol–water partition coefficient (Wildman–Crippen LogP) is 6.30. The second-order valence-corrected chi connectivity index (χ2v) is 9.67. The average molecular weight is 537 g/mol. The molecule has 9 heteroatoms. The SMILES string of the molecule is CCOc1cc(/C=C2\SC(=O)N(Cc3ccc(Cl)cc3)C2=O)ccc1OCC(=O)Nc1ccc(C)cc1. The van der Waals surface area contributed by atoms with Gasteiger partial charge in [-0.15, -0.1) is 0 Å². The second kappa shape index (κ2) is 12.0. The molecule has 0 unspecified atom stereocenters. The van der Waals surface area contributed by atoms with E-state index >= 15 is 0 Å². The maximum absolute atomic E-state index is 12.9. The van der Waals surface area contributed by atoms with Gasteiger partial charge in [-0.25, -0.2) is 0 Å². The molecule has 3 aromatic carbocycles. The van der Waals surface area contributed by atoms with Crippen molar-refractivity contribution in [3.63, 3.8) is 0 Å². The van der Waals surface area contributed by atoms with Crippen LogP contribution in [0.5, 0.6) is 11.5 Å². The molecule has 1 aliphatic heterocycles. The lowest BCUT2D eigenvalue weighted by Gasteiger charge is -2.13. The summed E-state index contributed by atoms with van der Waals surface area (Å²) in [7, 11) is 0. The summed E-state index contributed by atoms with van der Waals surface area (Å²) >= 11 is 6.80.